The summed E-state index contributed by atoms with van der Waals surface area (Å²) in [6.07, 6.45) is 2.26. The van der Waals surface area contributed by atoms with Gasteiger partial charge in [0.05, 0.1) is 18.2 Å². The number of fused-ring (bicyclic) bond motifs is 1. The summed E-state index contributed by atoms with van der Waals surface area (Å²) in [4.78, 5) is 12.9. The van der Waals surface area contributed by atoms with E-state index in [1.165, 1.54) is 28.7 Å². The molecule has 0 radical (unpaired) electrons. The van der Waals surface area contributed by atoms with Crippen LogP contribution >= 0.6 is 23.1 Å². The molecule has 2 heterocycles. The molecule has 150 valence electrons. The lowest BCUT2D eigenvalue weighted by molar-refractivity contribution is 0.102. The maximum atomic E-state index is 12.9. The number of nitrogens with one attached hydrogen (secondary N) is 1. The molecule has 0 saturated carbocycles. The van der Waals surface area contributed by atoms with Gasteiger partial charge in [0.25, 0.3) is 0 Å². The molecular formula is C22H19N5OS2. The monoisotopic (exact) mass is 433 g/mol. The van der Waals surface area contributed by atoms with Crippen molar-refractivity contribution < 1.29 is 4.79 Å². The van der Waals surface area contributed by atoms with Gasteiger partial charge in [-0.25, -0.2) is 0 Å². The van der Waals surface area contributed by atoms with E-state index in [2.05, 4.69) is 21.6 Å². The number of nitrogens with zero attached hydrogens (tertiary/aromatic N) is 4. The molecule has 1 N–H and O–H groups in total. The Labute approximate surface area is 182 Å². The minimum absolute atomic E-state index is 0.0373. The molecule has 0 aliphatic carbocycles. The number of anilines is 2. The summed E-state index contributed by atoms with van der Waals surface area (Å²) < 4.78 is 2.72. The molecule has 0 atom stereocenters. The SMILES string of the molecule is Cc1cccc(Nc2nnc(SCC(=O)c3cn(CCC#N)c4ccccc34)s2)c1. The average molecular weight is 434 g/mol. The minimum Gasteiger partial charge on any atom is -0.346 e. The number of Topliss-reactive ketones (excluding diaryl/α,β-unsaturated/α-hetero) is 1. The second-order valence-electron chi connectivity index (χ2n) is 6.74. The molecule has 0 fully saturated rings. The number of hydrogen-bond donors (Lipinski definition) is 1. The summed E-state index contributed by atoms with van der Waals surface area (Å²) in [5.41, 5.74) is 3.78. The molecule has 0 unspecified atom stereocenters. The van der Waals surface area contributed by atoms with Gasteiger partial charge in [-0.1, -0.05) is 53.4 Å². The molecule has 0 bridgehead atoms. The number of thioether (sulfide) groups is 1. The maximum Gasteiger partial charge on any atom is 0.210 e. The number of para-hydroxylation sites is 1. The number of hydrogen-bond acceptors (Lipinski definition) is 7. The van der Waals surface area contributed by atoms with Gasteiger partial charge in [0.15, 0.2) is 10.1 Å². The average Bonchev–Trinajstić information content (AvgIpc) is 3.35. The quantitative estimate of drug-likeness (QED) is 0.294. The topological polar surface area (TPSA) is 83.6 Å². The third-order valence-corrected chi connectivity index (χ3v) is 6.53. The van der Waals surface area contributed by atoms with E-state index in [1.807, 2.05) is 66.2 Å². The number of aromatic nitrogens is 3. The first-order valence-electron chi connectivity index (χ1n) is 9.42. The Kier molecular flexibility index (Phi) is 6.12. The third kappa shape index (κ3) is 4.53. The standard InChI is InChI=1S/C22H19N5OS2/c1-15-6-4-7-16(12-15)24-21-25-26-22(30-21)29-14-20(28)18-13-27(11-5-10-23)19-9-3-2-8-17(18)19/h2-4,6-9,12-13H,5,11,14H2,1H3,(H,24,25). The van der Waals surface area contributed by atoms with Crippen LogP contribution in [0, 0.1) is 18.3 Å². The van der Waals surface area contributed by atoms with Crippen molar-refractivity contribution in [3.8, 4) is 6.07 Å². The highest BCUT2D eigenvalue weighted by Crippen LogP contribution is 2.29. The number of benzene rings is 2. The largest absolute Gasteiger partial charge is 0.346 e. The van der Waals surface area contributed by atoms with E-state index in [1.54, 1.807) is 0 Å². The molecule has 4 aromatic rings. The first-order chi connectivity index (χ1) is 14.6. The van der Waals surface area contributed by atoms with Crippen LogP contribution in [0.1, 0.15) is 22.3 Å². The molecule has 30 heavy (non-hydrogen) atoms. The van der Waals surface area contributed by atoms with Crippen molar-refractivity contribution in [3.05, 3.63) is 65.9 Å². The van der Waals surface area contributed by atoms with E-state index < -0.39 is 0 Å². The van der Waals surface area contributed by atoms with Crippen LogP contribution in [0.5, 0.6) is 0 Å². The van der Waals surface area contributed by atoms with Crippen molar-refractivity contribution >= 4 is 50.6 Å². The smallest absolute Gasteiger partial charge is 0.210 e. The second kappa shape index (κ2) is 9.11. The van der Waals surface area contributed by atoms with Gasteiger partial charge in [0.2, 0.25) is 5.13 Å². The predicted molar refractivity (Wildman–Crippen MR) is 122 cm³/mol. The highest BCUT2D eigenvalue weighted by Gasteiger charge is 2.16. The number of carbonyl (C=O) groups excluding carboxylic acids is 1. The van der Waals surface area contributed by atoms with Crippen LogP contribution in [-0.2, 0) is 6.54 Å². The Morgan fingerprint density at radius 2 is 2.10 bits per heavy atom. The Balaban J connectivity index is 1.44. The molecule has 0 aliphatic heterocycles. The molecular weight excluding hydrogens is 414 g/mol. The van der Waals surface area contributed by atoms with E-state index >= 15 is 0 Å². The Bertz CT molecular complexity index is 1240. The summed E-state index contributed by atoms with van der Waals surface area (Å²) in [6, 6.07) is 18.0. The van der Waals surface area contributed by atoms with Crippen LogP contribution in [0.25, 0.3) is 10.9 Å². The third-order valence-electron chi connectivity index (χ3n) is 4.56. The summed E-state index contributed by atoms with van der Waals surface area (Å²) >= 11 is 2.81. The van der Waals surface area contributed by atoms with Crippen molar-refractivity contribution in [2.75, 3.05) is 11.1 Å². The predicted octanol–water partition coefficient (Wildman–Crippen LogP) is 5.43. The van der Waals surface area contributed by atoms with Crippen molar-refractivity contribution in [2.24, 2.45) is 0 Å². The van der Waals surface area contributed by atoms with Crippen LogP contribution in [0.4, 0.5) is 10.8 Å². The zero-order valence-electron chi connectivity index (χ0n) is 16.3. The van der Waals surface area contributed by atoms with E-state index in [-0.39, 0.29) is 11.5 Å². The molecule has 2 aromatic carbocycles. The lowest BCUT2D eigenvalue weighted by Gasteiger charge is -2.01. The number of aryl methyl sites for hydroxylation is 2. The molecule has 0 amide bonds. The molecule has 6 nitrogen and oxygen atoms in total. The second-order valence-corrected chi connectivity index (χ2v) is 8.94. The van der Waals surface area contributed by atoms with Gasteiger partial charge in [0, 0.05) is 34.9 Å². The van der Waals surface area contributed by atoms with E-state index in [0.717, 1.165) is 20.9 Å². The molecule has 0 aliphatic rings. The highest BCUT2D eigenvalue weighted by molar-refractivity contribution is 8.01. The fourth-order valence-electron chi connectivity index (χ4n) is 3.19. The molecule has 0 saturated heterocycles. The van der Waals surface area contributed by atoms with Gasteiger partial charge in [-0.3, -0.25) is 4.79 Å². The van der Waals surface area contributed by atoms with Gasteiger partial charge in [0.1, 0.15) is 0 Å². The molecule has 2 aromatic heterocycles. The highest BCUT2D eigenvalue weighted by atomic mass is 32.2. The Hall–Kier alpha value is -3.15. The fraction of sp³-hybridized carbons (Fsp3) is 0.182. The Morgan fingerprint density at radius 1 is 1.23 bits per heavy atom. The summed E-state index contributed by atoms with van der Waals surface area (Å²) in [6.45, 7) is 2.61. The van der Waals surface area contributed by atoms with Crippen LogP contribution in [0.15, 0.2) is 59.1 Å². The number of nitriles is 1. The zero-order valence-corrected chi connectivity index (χ0v) is 18.0. The summed E-state index contributed by atoms with van der Waals surface area (Å²) in [5.74, 6) is 0.320. The van der Waals surface area contributed by atoms with Crippen LogP contribution in [-0.4, -0.2) is 26.3 Å². The van der Waals surface area contributed by atoms with Crippen LogP contribution in [0.3, 0.4) is 0 Å². The molecule has 0 spiro atoms. The minimum atomic E-state index is 0.0373. The fourth-order valence-corrected chi connectivity index (χ4v) is 4.85. The van der Waals surface area contributed by atoms with Crippen molar-refractivity contribution in [2.45, 2.75) is 24.2 Å². The molecule has 8 heteroatoms. The van der Waals surface area contributed by atoms with Crippen LogP contribution in [0.2, 0.25) is 0 Å². The van der Waals surface area contributed by atoms with Crippen molar-refractivity contribution in [1.82, 2.24) is 14.8 Å². The lowest BCUT2D eigenvalue weighted by atomic mass is 10.1. The number of carbonyl (C=O) groups is 1. The Morgan fingerprint density at radius 3 is 2.93 bits per heavy atom. The number of rotatable bonds is 8. The summed E-state index contributed by atoms with van der Waals surface area (Å²) in [7, 11) is 0. The van der Waals surface area contributed by atoms with Gasteiger partial charge in [-0.2, -0.15) is 5.26 Å². The van der Waals surface area contributed by atoms with Crippen molar-refractivity contribution in [3.63, 3.8) is 0 Å². The van der Waals surface area contributed by atoms with Crippen LogP contribution < -0.4 is 5.32 Å². The van der Waals surface area contributed by atoms with Crippen molar-refractivity contribution in [1.29, 1.82) is 5.26 Å². The number of ketones is 1. The van der Waals surface area contributed by atoms with Gasteiger partial charge in [-0.15, -0.1) is 10.2 Å². The van der Waals surface area contributed by atoms with Gasteiger partial charge < -0.3 is 9.88 Å². The maximum absolute atomic E-state index is 12.9. The van der Waals surface area contributed by atoms with Gasteiger partial charge >= 0.3 is 0 Å². The van der Waals surface area contributed by atoms with E-state index in [9.17, 15) is 4.79 Å². The van der Waals surface area contributed by atoms with E-state index in [0.29, 0.717) is 23.7 Å². The van der Waals surface area contributed by atoms with E-state index in [4.69, 9.17) is 5.26 Å². The first-order valence-corrected chi connectivity index (χ1v) is 11.2. The lowest BCUT2D eigenvalue weighted by Crippen LogP contribution is -2.02. The first kappa shape index (κ1) is 20.1. The normalized spacial score (nSPS) is 10.8. The zero-order chi connectivity index (χ0) is 20.9. The van der Waals surface area contributed by atoms with Gasteiger partial charge in [-0.05, 0) is 30.7 Å². The summed E-state index contributed by atoms with van der Waals surface area (Å²) in [5, 5.41) is 22.1. The molecule has 4 rings (SSSR count).